The Balaban J connectivity index is 2.89. The summed E-state index contributed by atoms with van der Waals surface area (Å²) in [5.74, 6) is -1.34. The molecule has 0 aromatic heterocycles. The van der Waals surface area contributed by atoms with Gasteiger partial charge in [0.05, 0.1) is 7.11 Å². The van der Waals surface area contributed by atoms with Crippen LogP contribution in [-0.4, -0.2) is 24.2 Å². The van der Waals surface area contributed by atoms with E-state index in [1.807, 2.05) is 0 Å². The molecule has 0 saturated heterocycles. The van der Waals surface area contributed by atoms with Crippen molar-refractivity contribution in [2.45, 2.75) is 12.8 Å². The summed E-state index contributed by atoms with van der Waals surface area (Å²) in [6, 6.07) is 5.13. The molecule has 0 fully saturated rings. The fourth-order valence-corrected chi connectivity index (χ4v) is 1.50. The lowest BCUT2D eigenvalue weighted by Crippen LogP contribution is -2.03. The molecule has 0 bridgehead atoms. The first kappa shape index (κ1) is 13.8. The summed E-state index contributed by atoms with van der Waals surface area (Å²) < 4.78 is 4.56. The average Bonchev–Trinajstić information content (AvgIpc) is 2.34. The van der Waals surface area contributed by atoms with Gasteiger partial charge in [-0.15, -0.1) is 0 Å². The Morgan fingerprint density at radius 1 is 1.44 bits per heavy atom. The van der Waals surface area contributed by atoms with Crippen molar-refractivity contribution in [1.82, 2.24) is 0 Å². The highest BCUT2D eigenvalue weighted by Crippen LogP contribution is 2.17. The Kier molecular flexibility index (Phi) is 4.92. The molecule has 0 atom stereocenters. The van der Waals surface area contributed by atoms with E-state index in [0.29, 0.717) is 12.1 Å². The Hall–Kier alpha value is -2.30. The minimum atomic E-state index is -1.02. The van der Waals surface area contributed by atoms with E-state index >= 15 is 0 Å². The van der Waals surface area contributed by atoms with Gasteiger partial charge in [-0.1, -0.05) is 6.07 Å². The first-order valence-electron chi connectivity index (χ1n) is 5.39. The first-order chi connectivity index (χ1) is 8.52. The van der Waals surface area contributed by atoms with Gasteiger partial charge in [0, 0.05) is 18.2 Å². The van der Waals surface area contributed by atoms with Crippen molar-refractivity contribution < 1.29 is 19.4 Å². The molecule has 5 heteroatoms. The van der Waals surface area contributed by atoms with Gasteiger partial charge in [-0.05, 0) is 35.8 Å². The molecule has 1 rings (SSSR count). The number of hydrogen-bond donors (Lipinski definition) is 2. The Morgan fingerprint density at radius 2 is 2.17 bits per heavy atom. The van der Waals surface area contributed by atoms with Crippen LogP contribution in [0.2, 0.25) is 0 Å². The third kappa shape index (κ3) is 4.29. The second kappa shape index (κ2) is 6.44. The molecule has 1 aromatic rings. The maximum Gasteiger partial charge on any atom is 0.328 e. The lowest BCUT2D eigenvalue weighted by molar-refractivity contribution is -0.140. The monoisotopic (exact) mass is 249 g/mol. The largest absolute Gasteiger partial charge is 0.478 e. The number of methoxy groups -OCH3 is 1. The maximum absolute atomic E-state index is 11.1. The number of anilines is 1. The molecule has 0 unspecified atom stereocenters. The molecular formula is C13H15NO4. The lowest BCUT2D eigenvalue weighted by atomic mass is 10.0. The Labute approximate surface area is 105 Å². The van der Waals surface area contributed by atoms with E-state index in [9.17, 15) is 9.59 Å². The van der Waals surface area contributed by atoms with Gasteiger partial charge < -0.3 is 15.6 Å². The van der Waals surface area contributed by atoms with Gasteiger partial charge >= 0.3 is 11.9 Å². The normalized spacial score (nSPS) is 10.5. The summed E-state index contributed by atoms with van der Waals surface area (Å²) in [7, 11) is 1.33. The van der Waals surface area contributed by atoms with Crippen LogP contribution < -0.4 is 5.73 Å². The number of aliphatic carboxylic acids is 1. The molecule has 1 aromatic carbocycles. The molecule has 0 aliphatic carbocycles. The van der Waals surface area contributed by atoms with Crippen LogP contribution in [-0.2, 0) is 20.7 Å². The van der Waals surface area contributed by atoms with E-state index in [0.717, 1.165) is 17.2 Å². The zero-order valence-electron chi connectivity index (χ0n) is 10.1. The summed E-state index contributed by atoms with van der Waals surface area (Å²) in [4.78, 5) is 21.6. The van der Waals surface area contributed by atoms with E-state index in [4.69, 9.17) is 10.8 Å². The highest BCUT2D eigenvalue weighted by molar-refractivity contribution is 5.85. The molecule has 0 saturated carbocycles. The van der Waals surface area contributed by atoms with E-state index in [-0.39, 0.29) is 12.4 Å². The molecule has 0 spiro atoms. The number of aryl methyl sites for hydroxylation is 1. The van der Waals surface area contributed by atoms with Crippen molar-refractivity contribution in [2.75, 3.05) is 12.8 Å². The zero-order chi connectivity index (χ0) is 13.5. The second-order valence-electron chi connectivity index (χ2n) is 3.71. The number of carbonyl (C=O) groups is 2. The van der Waals surface area contributed by atoms with Gasteiger partial charge in [-0.3, -0.25) is 4.79 Å². The van der Waals surface area contributed by atoms with Gasteiger partial charge in [0.2, 0.25) is 0 Å². The van der Waals surface area contributed by atoms with Gasteiger partial charge in [0.15, 0.2) is 0 Å². The number of hydrogen-bond acceptors (Lipinski definition) is 4. The number of nitrogen functional groups attached to an aromatic ring is 1. The van der Waals surface area contributed by atoms with Crippen molar-refractivity contribution in [2.24, 2.45) is 0 Å². The van der Waals surface area contributed by atoms with Crippen LogP contribution >= 0.6 is 0 Å². The quantitative estimate of drug-likeness (QED) is 0.468. The van der Waals surface area contributed by atoms with Crippen LogP contribution in [0.4, 0.5) is 5.69 Å². The number of ether oxygens (including phenoxy) is 1. The zero-order valence-corrected chi connectivity index (χ0v) is 10.1. The van der Waals surface area contributed by atoms with Gasteiger partial charge in [0.1, 0.15) is 0 Å². The number of carboxylic acids is 1. The van der Waals surface area contributed by atoms with Crippen LogP contribution in [0.1, 0.15) is 17.5 Å². The molecular weight excluding hydrogens is 234 g/mol. The predicted octanol–water partition coefficient (Wildman–Crippen LogP) is 1.47. The van der Waals surface area contributed by atoms with Gasteiger partial charge in [-0.2, -0.15) is 0 Å². The van der Waals surface area contributed by atoms with Crippen LogP contribution in [0.3, 0.4) is 0 Å². The maximum atomic E-state index is 11.1. The molecule has 0 aliphatic rings. The van der Waals surface area contributed by atoms with Crippen molar-refractivity contribution in [3.8, 4) is 0 Å². The average molecular weight is 249 g/mol. The van der Waals surface area contributed by atoms with Crippen LogP contribution in [0.15, 0.2) is 24.3 Å². The fraction of sp³-hybridized carbons (Fsp3) is 0.231. The number of carboxylic acid groups (broad SMARTS) is 1. The summed E-state index contributed by atoms with van der Waals surface area (Å²) >= 11 is 0. The van der Waals surface area contributed by atoms with Crippen LogP contribution in [0.5, 0.6) is 0 Å². The summed E-state index contributed by atoms with van der Waals surface area (Å²) in [5.41, 5.74) is 7.79. The molecule has 0 radical (unpaired) electrons. The van der Waals surface area contributed by atoms with Crippen LogP contribution in [0.25, 0.3) is 6.08 Å². The minimum absolute atomic E-state index is 0.230. The van der Waals surface area contributed by atoms with Crippen molar-refractivity contribution in [1.29, 1.82) is 0 Å². The second-order valence-corrected chi connectivity index (χ2v) is 3.71. The van der Waals surface area contributed by atoms with E-state index < -0.39 is 5.97 Å². The molecule has 0 heterocycles. The number of carbonyl (C=O) groups excluding carboxylic acids is 1. The standard InChI is InChI=1S/C13H15NO4/c1-18-13(17)7-4-10-8-11(14)5-2-9(10)3-6-12(15)16/h2-3,5-6,8H,4,7,14H2,1H3,(H,15,16)/b6-3+. The number of rotatable bonds is 5. The Bertz CT molecular complexity index is 480. The lowest BCUT2D eigenvalue weighted by Gasteiger charge is -2.06. The molecule has 0 aliphatic heterocycles. The Morgan fingerprint density at radius 3 is 2.78 bits per heavy atom. The SMILES string of the molecule is COC(=O)CCc1cc(N)ccc1/C=C/C(=O)O. The molecule has 5 nitrogen and oxygen atoms in total. The summed E-state index contributed by atoms with van der Waals surface area (Å²) in [5, 5.41) is 8.59. The van der Waals surface area contributed by atoms with E-state index in [2.05, 4.69) is 4.74 Å². The van der Waals surface area contributed by atoms with Crippen LogP contribution in [0, 0.1) is 0 Å². The number of esters is 1. The summed E-state index contributed by atoms with van der Waals surface area (Å²) in [6.45, 7) is 0. The fourth-order valence-electron chi connectivity index (χ4n) is 1.50. The third-order valence-electron chi connectivity index (χ3n) is 2.40. The minimum Gasteiger partial charge on any atom is -0.478 e. The number of benzene rings is 1. The first-order valence-corrected chi connectivity index (χ1v) is 5.39. The topological polar surface area (TPSA) is 89.6 Å². The highest BCUT2D eigenvalue weighted by Gasteiger charge is 2.05. The molecule has 3 N–H and O–H groups in total. The van der Waals surface area contributed by atoms with E-state index in [1.54, 1.807) is 18.2 Å². The smallest absolute Gasteiger partial charge is 0.328 e. The van der Waals surface area contributed by atoms with Crippen molar-refractivity contribution in [3.63, 3.8) is 0 Å². The van der Waals surface area contributed by atoms with Crippen molar-refractivity contribution in [3.05, 3.63) is 35.4 Å². The third-order valence-corrected chi connectivity index (χ3v) is 2.40. The van der Waals surface area contributed by atoms with Gasteiger partial charge in [0.25, 0.3) is 0 Å². The molecule has 18 heavy (non-hydrogen) atoms. The predicted molar refractivity (Wildman–Crippen MR) is 67.9 cm³/mol. The summed E-state index contributed by atoms with van der Waals surface area (Å²) in [6.07, 6.45) is 3.21. The van der Waals surface area contributed by atoms with Crippen molar-refractivity contribution >= 4 is 23.7 Å². The highest BCUT2D eigenvalue weighted by atomic mass is 16.5. The molecule has 0 amide bonds. The van der Waals surface area contributed by atoms with E-state index in [1.165, 1.54) is 13.2 Å². The molecule has 96 valence electrons. The van der Waals surface area contributed by atoms with Gasteiger partial charge in [-0.25, -0.2) is 4.79 Å². The number of nitrogens with two attached hydrogens (primary N) is 1.